The number of rotatable bonds is 2. The first kappa shape index (κ1) is 14.3. The molecular formula is C14H19N3O3. The molecule has 0 unspecified atom stereocenters. The molecule has 6 nitrogen and oxygen atoms in total. The number of aromatic carboxylic acids is 1. The first-order valence-electron chi connectivity index (χ1n) is 6.63. The number of hydrogen-bond donors (Lipinski definition) is 3. The lowest BCUT2D eigenvalue weighted by Crippen LogP contribution is -2.44. The summed E-state index contributed by atoms with van der Waals surface area (Å²) in [5.74, 6) is -1.05. The second-order valence-corrected chi connectivity index (χ2v) is 5.06. The van der Waals surface area contributed by atoms with Crippen molar-refractivity contribution in [2.24, 2.45) is 5.73 Å². The van der Waals surface area contributed by atoms with Crippen molar-refractivity contribution in [3.05, 3.63) is 29.3 Å². The van der Waals surface area contributed by atoms with Crippen LogP contribution in [0.2, 0.25) is 0 Å². The number of carboxylic acid groups (broad SMARTS) is 1. The number of aryl methyl sites for hydroxylation is 1. The molecule has 1 aliphatic heterocycles. The third-order valence-electron chi connectivity index (χ3n) is 3.56. The van der Waals surface area contributed by atoms with Crippen LogP contribution in [0.5, 0.6) is 0 Å². The van der Waals surface area contributed by atoms with Gasteiger partial charge in [0.25, 0.3) is 0 Å². The van der Waals surface area contributed by atoms with E-state index in [-0.39, 0.29) is 17.6 Å². The molecule has 2 amide bonds. The first-order chi connectivity index (χ1) is 9.49. The summed E-state index contributed by atoms with van der Waals surface area (Å²) in [4.78, 5) is 25.0. The fraction of sp³-hybridized carbons (Fsp3) is 0.429. The Kier molecular flexibility index (Phi) is 4.24. The van der Waals surface area contributed by atoms with Gasteiger partial charge in [0.2, 0.25) is 0 Å². The number of para-hydroxylation sites is 1. The number of hydrogen-bond acceptors (Lipinski definition) is 3. The largest absolute Gasteiger partial charge is 0.478 e. The Labute approximate surface area is 117 Å². The minimum atomic E-state index is -1.05. The number of nitrogens with two attached hydrogens (primary N) is 1. The Morgan fingerprint density at radius 3 is 2.60 bits per heavy atom. The maximum absolute atomic E-state index is 12.2. The topological polar surface area (TPSA) is 95.7 Å². The lowest BCUT2D eigenvalue weighted by Gasteiger charge is -2.30. The summed E-state index contributed by atoms with van der Waals surface area (Å²) in [5, 5.41) is 11.9. The SMILES string of the molecule is Cc1cccc(C(=O)O)c1NC(=O)N1CCC(N)CC1. The normalized spacial score (nSPS) is 16.0. The van der Waals surface area contributed by atoms with Gasteiger partial charge < -0.3 is 21.1 Å². The number of nitrogens with one attached hydrogen (secondary N) is 1. The lowest BCUT2D eigenvalue weighted by molar-refractivity contribution is 0.0698. The van der Waals surface area contributed by atoms with Crippen molar-refractivity contribution in [3.63, 3.8) is 0 Å². The minimum Gasteiger partial charge on any atom is -0.478 e. The van der Waals surface area contributed by atoms with E-state index >= 15 is 0 Å². The van der Waals surface area contributed by atoms with E-state index in [2.05, 4.69) is 5.32 Å². The molecule has 1 fully saturated rings. The van der Waals surface area contributed by atoms with Crippen LogP contribution in [-0.2, 0) is 0 Å². The molecule has 0 radical (unpaired) electrons. The number of urea groups is 1. The van der Waals surface area contributed by atoms with Gasteiger partial charge in [-0.05, 0) is 31.4 Å². The minimum absolute atomic E-state index is 0.104. The molecule has 4 N–H and O–H groups in total. The van der Waals surface area contributed by atoms with Gasteiger partial charge in [-0.1, -0.05) is 12.1 Å². The molecule has 0 aliphatic carbocycles. The summed E-state index contributed by atoms with van der Waals surface area (Å²) in [6, 6.07) is 4.79. The maximum atomic E-state index is 12.2. The van der Waals surface area contributed by atoms with Crippen molar-refractivity contribution < 1.29 is 14.7 Å². The van der Waals surface area contributed by atoms with Crippen molar-refractivity contribution in [3.8, 4) is 0 Å². The standard InChI is InChI=1S/C14H19N3O3/c1-9-3-2-4-11(13(18)19)12(9)16-14(20)17-7-5-10(15)6-8-17/h2-4,10H,5-8,15H2,1H3,(H,16,20)(H,18,19). The first-order valence-corrected chi connectivity index (χ1v) is 6.63. The number of likely N-dealkylation sites (tertiary alicyclic amines) is 1. The highest BCUT2D eigenvalue weighted by Crippen LogP contribution is 2.21. The Bertz CT molecular complexity index is 522. The van der Waals surface area contributed by atoms with Crippen LogP contribution in [0.15, 0.2) is 18.2 Å². The predicted molar refractivity (Wildman–Crippen MR) is 75.9 cm³/mol. The van der Waals surface area contributed by atoms with Gasteiger partial charge in [-0.2, -0.15) is 0 Å². The molecule has 20 heavy (non-hydrogen) atoms. The third-order valence-corrected chi connectivity index (χ3v) is 3.56. The molecule has 0 spiro atoms. The van der Waals surface area contributed by atoms with Gasteiger partial charge in [0, 0.05) is 19.1 Å². The van der Waals surface area contributed by atoms with Crippen LogP contribution in [0.4, 0.5) is 10.5 Å². The summed E-state index contributed by atoms with van der Waals surface area (Å²) in [7, 11) is 0. The molecule has 108 valence electrons. The quantitative estimate of drug-likeness (QED) is 0.765. The van der Waals surface area contributed by atoms with Crippen molar-refractivity contribution in [1.82, 2.24) is 4.90 Å². The second-order valence-electron chi connectivity index (χ2n) is 5.06. The van der Waals surface area contributed by atoms with Gasteiger partial charge in [0.05, 0.1) is 11.3 Å². The lowest BCUT2D eigenvalue weighted by atomic mass is 10.1. The van der Waals surface area contributed by atoms with E-state index in [1.807, 2.05) is 0 Å². The zero-order chi connectivity index (χ0) is 14.7. The van der Waals surface area contributed by atoms with Gasteiger partial charge in [0.1, 0.15) is 0 Å². The number of benzene rings is 1. The highest BCUT2D eigenvalue weighted by molar-refractivity contribution is 6.01. The summed E-state index contributed by atoms with van der Waals surface area (Å²) >= 11 is 0. The zero-order valence-electron chi connectivity index (χ0n) is 11.4. The number of anilines is 1. The van der Waals surface area contributed by atoms with Crippen LogP contribution in [0.1, 0.15) is 28.8 Å². The zero-order valence-corrected chi connectivity index (χ0v) is 11.4. The molecule has 2 rings (SSSR count). The smallest absolute Gasteiger partial charge is 0.337 e. The summed E-state index contributed by atoms with van der Waals surface area (Å²) in [5.41, 5.74) is 6.99. The fourth-order valence-corrected chi connectivity index (χ4v) is 2.30. The van der Waals surface area contributed by atoms with E-state index in [1.54, 1.807) is 24.0 Å². The molecule has 1 aromatic rings. The van der Waals surface area contributed by atoms with Gasteiger partial charge in [-0.15, -0.1) is 0 Å². The highest BCUT2D eigenvalue weighted by Gasteiger charge is 2.22. The van der Waals surface area contributed by atoms with Gasteiger partial charge in [-0.3, -0.25) is 0 Å². The Morgan fingerprint density at radius 1 is 1.35 bits per heavy atom. The van der Waals surface area contributed by atoms with E-state index in [9.17, 15) is 9.59 Å². The van der Waals surface area contributed by atoms with E-state index in [4.69, 9.17) is 10.8 Å². The average molecular weight is 277 g/mol. The Hall–Kier alpha value is -2.08. The predicted octanol–water partition coefficient (Wildman–Crippen LogP) is 1.65. The van der Waals surface area contributed by atoms with Crippen molar-refractivity contribution in [2.45, 2.75) is 25.8 Å². The van der Waals surface area contributed by atoms with E-state index < -0.39 is 5.97 Å². The summed E-state index contributed by atoms with van der Waals surface area (Å²) in [6.07, 6.45) is 1.54. The van der Waals surface area contributed by atoms with Crippen molar-refractivity contribution in [2.75, 3.05) is 18.4 Å². The van der Waals surface area contributed by atoms with Crippen LogP contribution in [0.3, 0.4) is 0 Å². The Morgan fingerprint density at radius 2 is 2.00 bits per heavy atom. The molecule has 6 heteroatoms. The second kappa shape index (κ2) is 5.92. The Balaban J connectivity index is 2.13. The van der Waals surface area contributed by atoms with Crippen molar-refractivity contribution in [1.29, 1.82) is 0 Å². The number of nitrogens with zero attached hydrogens (tertiary/aromatic N) is 1. The van der Waals surface area contributed by atoms with Crippen molar-refractivity contribution >= 4 is 17.7 Å². The van der Waals surface area contributed by atoms with E-state index in [0.29, 0.717) is 18.8 Å². The molecule has 0 saturated carbocycles. The van der Waals surface area contributed by atoms with Crippen LogP contribution in [-0.4, -0.2) is 41.1 Å². The molecule has 0 aromatic heterocycles. The molecule has 1 saturated heterocycles. The van der Waals surface area contributed by atoms with Crippen LogP contribution >= 0.6 is 0 Å². The third kappa shape index (κ3) is 3.08. The summed E-state index contributed by atoms with van der Waals surface area (Å²) in [6.45, 7) is 2.97. The molecule has 1 aromatic carbocycles. The van der Waals surface area contributed by atoms with Gasteiger partial charge in [-0.25, -0.2) is 9.59 Å². The summed E-state index contributed by atoms with van der Waals surface area (Å²) < 4.78 is 0. The number of carboxylic acids is 1. The van der Waals surface area contributed by atoms with Gasteiger partial charge in [0.15, 0.2) is 0 Å². The molecule has 0 atom stereocenters. The highest BCUT2D eigenvalue weighted by atomic mass is 16.4. The van der Waals surface area contributed by atoms with Crippen LogP contribution < -0.4 is 11.1 Å². The van der Waals surface area contributed by atoms with Crippen LogP contribution in [0.25, 0.3) is 0 Å². The maximum Gasteiger partial charge on any atom is 0.337 e. The van der Waals surface area contributed by atoms with Crippen LogP contribution in [0, 0.1) is 6.92 Å². The molecule has 1 heterocycles. The number of piperidine rings is 1. The van der Waals surface area contributed by atoms with E-state index in [0.717, 1.165) is 18.4 Å². The molecule has 1 aliphatic rings. The molecular weight excluding hydrogens is 258 g/mol. The number of carbonyl (C=O) groups is 2. The number of amides is 2. The fourth-order valence-electron chi connectivity index (χ4n) is 2.30. The monoisotopic (exact) mass is 277 g/mol. The van der Waals surface area contributed by atoms with Gasteiger partial charge >= 0.3 is 12.0 Å². The molecule has 0 bridgehead atoms. The van der Waals surface area contributed by atoms with E-state index in [1.165, 1.54) is 6.07 Å². The number of carbonyl (C=O) groups excluding carboxylic acids is 1. The average Bonchev–Trinajstić information content (AvgIpc) is 2.41.